The molecule has 0 aromatic heterocycles. The molecule has 0 radical (unpaired) electrons. The molecule has 5 nitrogen and oxygen atoms in total. The summed E-state index contributed by atoms with van der Waals surface area (Å²) >= 11 is 0. The van der Waals surface area contributed by atoms with Gasteiger partial charge in [-0.25, -0.2) is 4.79 Å². The van der Waals surface area contributed by atoms with Crippen LogP contribution in [0.1, 0.15) is 26.3 Å². The maximum atomic E-state index is 12.3. The Morgan fingerprint density at radius 3 is 2.57 bits per heavy atom. The monoisotopic (exact) mass is 290 g/mol. The van der Waals surface area contributed by atoms with Gasteiger partial charge in [0.25, 0.3) is 0 Å². The minimum absolute atomic E-state index is 0.0701. The first kappa shape index (κ1) is 16.8. The molecule has 0 spiro atoms. The van der Waals surface area contributed by atoms with Gasteiger partial charge in [0.1, 0.15) is 0 Å². The van der Waals surface area contributed by atoms with Crippen LogP contribution in [0.2, 0.25) is 0 Å². The number of nitrogens with one attached hydrogen (secondary N) is 1. The number of rotatable bonds is 5. The van der Waals surface area contributed by atoms with Crippen LogP contribution in [0.3, 0.4) is 0 Å². The van der Waals surface area contributed by atoms with Gasteiger partial charge in [0.05, 0.1) is 6.42 Å². The maximum Gasteiger partial charge on any atom is 0.322 e. The van der Waals surface area contributed by atoms with E-state index in [2.05, 4.69) is 11.9 Å². The number of urea groups is 1. The van der Waals surface area contributed by atoms with Crippen molar-refractivity contribution in [1.82, 2.24) is 4.90 Å². The van der Waals surface area contributed by atoms with Gasteiger partial charge in [-0.3, -0.25) is 4.79 Å². The molecule has 0 atom stereocenters. The van der Waals surface area contributed by atoms with E-state index < -0.39 is 5.97 Å². The lowest BCUT2D eigenvalue weighted by Crippen LogP contribution is -2.47. The van der Waals surface area contributed by atoms with Crippen LogP contribution in [0, 0.1) is 0 Å². The first-order valence-electron chi connectivity index (χ1n) is 6.74. The van der Waals surface area contributed by atoms with Crippen molar-refractivity contribution in [2.45, 2.75) is 32.7 Å². The van der Waals surface area contributed by atoms with E-state index in [1.807, 2.05) is 20.8 Å². The van der Waals surface area contributed by atoms with Crippen LogP contribution in [-0.4, -0.2) is 34.1 Å². The van der Waals surface area contributed by atoms with E-state index >= 15 is 0 Å². The molecule has 1 rings (SSSR count). The number of hydrogen-bond acceptors (Lipinski definition) is 2. The van der Waals surface area contributed by atoms with Crippen LogP contribution in [0.5, 0.6) is 0 Å². The number of carbonyl (C=O) groups is 2. The highest BCUT2D eigenvalue weighted by molar-refractivity contribution is 5.90. The zero-order valence-electron chi connectivity index (χ0n) is 12.7. The van der Waals surface area contributed by atoms with E-state index in [1.165, 1.54) is 0 Å². The molecule has 0 saturated heterocycles. The predicted molar refractivity (Wildman–Crippen MR) is 83.5 cm³/mol. The molecular formula is C16H22N2O3. The van der Waals surface area contributed by atoms with Gasteiger partial charge in [-0.05, 0) is 38.5 Å². The summed E-state index contributed by atoms with van der Waals surface area (Å²) in [5.74, 6) is -0.901. The molecule has 5 heteroatoms. The first-order valence-corrected chi connectivity index (χ1v) is 6.74. The van der Waals surface area contributed by atoms with Crippen molar-refractivity contribution in [1.29, 1.82) is 0 Å². The lowest BCUT2D eigenvalue weighted by molar-refractivity contribution is -0.136. The standard InChI is InChI=1S/C16H22N2O3/c1-5-9-18(16(2,3)4)15(21)17-13-8-6-7-12(10-13)11-14(19)20/h5-8,10H,1,9,11H2,2-4H3,(H,17,21)(H,19,20). The number of benzene rings is 1. The number of carboxylic acids is 1. The molecule has 2 amide bonds. The summed E-state index contributed by atoms with van der Waals surface area (Å²) in [6, 6.07) is 6.60. The Morgan fingerprint density at radius 1 is 1.38 bits per heavy atom. The fourth-order valence-corrected chi connectivity index (χ4v) is 1.92. The van der Waals surface area contributed by atoms with Gasteiger partial charge in [0.2, 0.25) is 0 Å². The van der Waals surface area contributed by atoms with E-state index in [0.717, 1.165) is 0 Å². The Morgan fingerprint density at radius 2 is 2.05 bits per heavy atom. The summed E-state index contributed by atoms with van der Waals surface area (Å²) in [7, 11) is 0. The summed E-state index contributed by atoms with van der Waals surface area (Å²) in [4.78, 5) is 24.7. The summed E-state index contributed by atoms with van der Waals surface area (Å²) in [6.07, 6.45) is 1.60. The number of aliphatic carboxylic acids is 1. The molecule has 114 valence electrons. The second-order valence-electron chi connectivity index (χ2n) is 5.77. The van der Waals surface area contributed by atoms with Crippen LogP contribution in [0.4, 0.5) is 10.5 Å². The summed E-state index contributed by atoms with van der Waals surface area (Å²) < 4.78 is 0. The van der Waals surface area contributed by atoms with Crippen molar-refractivity contribution in [3.63, 3.8) is 0 Å². The number of anilines is 1. The molecular weight excluding hydrogens is 268 g/mol. The predicted octanol–water partition coefficient (Wildman–Crippen LogP) is 3.13. The third-order valence-electron chi connectivity index (χ3n) is 2.90. The van der Waals surface area contributed by atoms with Gasteiger partial charge in [0.15, 0.2) is 0 Å². The molecule has 21 heavy (non-hydrogen) atoms. The zero-order chi connectivity index (χ0) is 16.0. The van der Waals surface area contributed by atoms with Crippen LogP contribution in [0.15, 0.2) is 36.9 Å². The quantitative estimate of drug-likeness (QED) is 0.818. The second kappa shape index (κ2) is 6.92. The fraction of sp³-hybridized carbons (Fsp3) is 0.375. The molecule has 0 aliphatic rings. The van der Waals surface area contributed by atoms with Gasteiger partial charge in [0, 0.05) is 17.8 Å². The molecule has 1 aromatic carbocycles. The average molecular weight is 290 g/mol. The molecule has 0 aliphatic carbocycles. The number of amides is 2. The molecule has 0 saturated carbocycles. The van der Waals surface area contributed by atoms with Crippen molar-refractivity contribution in [3.8, 4) is 0 Å². The highest BCUT2D eigenvalue weighted by atomic mass is 16.4. The van der Waals surface area contributed by atoms with Crippen molar-refractivity contribution < 1.29 is 14.7 Å². The van der Waals surface area contributed by atoms with Crippen LogP contribution in [-0.2, 0) is 11.2 Å². The third-order valence-corrected chi connectivity index (χ3v) is 2.90. The van der Waals surface area contributed by atoms with Crippen LogP contribution in [0.25, 0.3) is 0 Å². The van der Waals surface area contributed by atoms with Crippen molar-refractivity contribution in [2.75, 3.05) is 11.9 Å². The summed E-state index contributed by atoms with van der Waals surface area (Å²) in [6.45, 7) is 9.92. The van der Waals surface area contributed by atoms with E-state index in [-0.39, 0.29) is 18.0 Å². The Bertz CT molecular complexity index is 533. The second-order valence-corrected chi connectivity index (χ2v) is 5.77. The van der Waals surface area contributed by atoms with Gasteiger partial charge in [-0.2, -0.15) is 0 Å². The van der Waals surface area contributed by atoms with Crippen molar-refractivity contribution in [3.05, 3.63) is 42.5 Å². The van der Waals surface area contributed by atoms with Crippen molar-refractivity contribution >= 4 is 17.7 Å². The number of carbonyl (C=O) groups excluding carboxylic acids is 1. The minimum Gasteiger partial charge on any atom is -0.481 e. The highest BCUT2D eigenvalue weighted by Crippen LogP contribution is 2.17. The normalized spacial score (nSPS) is 10.8. The number of nitrogens with zero attached hydrogens (tertiary/aromatic N) is 1. The smallest absolute Gasteiger partial charge is 0.322 e. The molecule has 2 N–H and O–H groups in total. The lowest BCUT2D eigenvalue weighted by Gasteiger charge is -2.34. The maximum absolute atomic E-state index is 12.3. The molecule has 1 aromatic rings. The SMILES string of the molecule is C=CCN(C(=O)Nc1cccc(CC(=O)O)c1)C(C)(C)C. The van der Waals surface area contributed by atoms with Gasteiger partial charge < -0.3 is 15.3 Å². The average Bonchev–Trinajstić information content (AvgIpc) is 2.33. The Kier molecular flexibility index (Phi) is 5.52. The Labute approximate surface area is 125 Å². The largest absolute Gasteiger partial charge is 0.481 e. The molecule has 0 unspecified atom stereocenters. The molecule has 0 fully saturated rings. The van der Waals surface area contributed by atoms with E-state index in [1.54, 1.807) is 35.2 Å². The topological polar surface area (TPSA) is 69.6 Å². The van der Waals surface area contributed by atoms with Crippen molar-refractivity contribution in [2.24, 2.45) is 0 Å². The minimum atomic E-state index is -0.901. The Hall–Kier alpha value is -2.30. The summed E-state index contributed by atoms with van der Waals surface area (Å²) in [5.41, 5.74) is 0.889. The van der Waals surface area contributed by atoms with Gasteiger partial charge in [-0.1, -0.05) is 18.2 Å². The van der Waals surface area contributed by atoms with E-state index in [9.17, 15) is 9.59 Å². The zero-order valence-corrected chi connectivity index (χ0v) is 12.7. The number of carboxylic acid groups (broad SMARTS) is 1. The van der Waals surface area contributed by atoms with E-state index in [4.69, 9.17) is 5.11 Å². The summed E-state index contributed by atoms with van der Waals surface area (Å²) in [5, 5.41) is 11.6. The molecule has 0 bridgehead atoms. The molecule has 0 heterocycles. The van der Waals surface area contributed by atoms with Gasteiger partial charge >= 0.3 is 12.0 Å². The van der Waals surface area contributed by atoms with Gasteiger partial charge in [-0.15, -0.1) is 6.58 Å². The fourth-order valence-electron chi connectivity index (χ4n) is 1.92. The first-order chi connectivity index (χ1) is 9.74. The van der Waals surface area contributed by atoms with E-state index in [0.29, 0.717) is 17.8 Å². The van der Waals surface area contributed by atoms with Crippen LogP contribution < -0.4 is 5.32 Å². The number of hydrogen-bond donors (Lipinski definition) is 2. The molecule has 0 aliphatic heterocycles. The lowest BCUT2D eigenvalue weighted by atomic mass is 10.1. The highest BCUT2D eigenvalue weighted by Gasteiger charge is 2.25. The third kappa shape index (κ3) is 5.30. The Balaban J connectivity index is 2.86. The van der Waals surface area contributed by atoms with Crippen LogP contribution >= 0.6 is 0 Å².